The Morgan fingerprint density at radius 2 is 2.40 bits per heavy atom. The lowest BCUT2D eigenvalue weighted by molar-refractivity contribution is 1.27. The maximum Gasteiger partial charge on any atom is 0.178 e. The fourth-order valence-corrected chi connectivity index (χ4v) is 0.795. The predicted octanol–water partition coefficient (Wildman–Crippen LogP) is 0.643. The molecule has 0 aromatic carbocycles. The molecule has 0 fully saturated rings. The van der Waals surface area contributed by atoms with Gasteiger partial charge in [0.25, 0.3) is 0 Å². The van der Waals surface area contributed by atoms with E-state index in [9.17, 15) is 0 Å². The van der Waals surface area contributed by atoms with Gasteiger partial charge in [0.1, 0.15) is 0 Å². The fourth-order valence-electron chi connectivity index (χ4n) is 0.795. The summed E-state index contributed by atoms with van der Waals surface area (Å²) >= 11 is 0. The second kappa shape index (κ2) is 1.98. The molecule has 1 aromatic rings. The van der Waals surface area contributed by atoms with Gasteiger partial charge in [0.2, 0.25) is 0 Å². The predicted molar refractivity (Wildman–Crippen MR) is 38.9 cm³/mol. The number of imidazole rings is 1. The van der Waals surface area contributed by atoms with Crippen molar-refractivity contribution in [2.24, 2.45) is 4.99 Å². The van der Waals surface area contributed by atoms with Crippen molar-refractivity contribution in [1.82, 2.24) is 15.3 Å². The number of hydrogen-bond acceptors (Lipinski definition) is 3. The summed E-state index contributed by atoms with van der Waals surface area (Å²) in [5.41, 5.74) is 0.932. The van der Waals surface area contributed by atoms with Crippen molar-refractivity contribution in [3.05, 3.63) is 18.2 Å². The molecule has 2 rings (SSSR count). The van der Waals surface area contributed by atoms with Crippen molar-refractivity contribution >= 4 is 18.2 Å². The zero-order valence-corrected chi connectivity index (χ0v) is 5.20. The van der Waals surface area contributed by atoms with Crippen LogP contribution in [-0.2, 0) is 0 Å². The number of fused-ring (bicyclic) bond motifs is 1. The Kier molecular flexibility index (Phi) is 1.04. The molecule has 1 aliphatic rings. The van der Waals surface area contributed by atoms with Gasteiger partial charge in [-0.15, -0.1) is 0 Å². The van der Waals surface area contributed by atoms with Crippen molar-refractivity contribution in [3.63, 3.8) is 0 Å². The third-order valence-corrected chi connectivity index (χ3v) is 1.26. The molecule has 0 saturated carbocycles. The van der Waals surface area contributed by atoms with Crippen LogP contribution >= 0.6 is 0 Å². The monoisotopic (exact) mass is 134 g/mol. The molecule has 0 amide bonds. The molecule has 0 atom stereocenters. The van der Waals surface area contributed by atoms with E-state index in [-0.39, 0.29) is 0 Å². The van der Waals surface area contributed by atoms with Crippen LogP contribution in [-0.4, -0.2) is 16.3 Å². The van der Waals surface area contributed by atoms with E-state index in [2.05, 4.69) is 20.3 Å². The van der Waals surface area contributed by atoms with Gasteiger partial charge in [-0.3, -0.25) is 0 Å². The number of nitrogens with zero attached hydrogens (tertiary/aromatic N) is 2. The Morgan fingerprint density at radius 1 is 1.40 bits per heavy atom. The van der Waals surface area contributed by atoms with Crippen LogP contribution in [0.2, 0.25) is 0 Å². The van der Waals surface area contributed by atoms with Crippen LogP contribution in [0.1, 0.15) is 5.69 Å². The Labute approximate surface area is 57.7 Å². The molecular weight excluding hydrogens is 128 g/mol. The number of nitrogens with one attached hydrogen (secondary N) is 2. The van der Waals surface area contributed by atoms with Crippen LogP contribution in [0.3, 0.4) is 0 Å². The summed E-state index contributed by atoms with van der Waals surface area (Å²) in [4.78, 5) is 10.9. The molecule has 4 heteroatoms. The molecule has 1 aromatic heterocycles. The minimum atomic E-state index is 0.723. The van der Waals surface area contributed by atoms with Crippen LogP contribution in [0.4, 0.5) is 5.82 Å². The van der Waals surface area contributed by atoms with Crippen molar-refractivity contribution in [2.45, 2.75) is 0 Å². The van der Waals surface area contributed by atoms with Crippen LogP contribution in [0, 0.1) is 0 Å². The van der Waals surface area contributed by atoms with Gasteiger partial charge in [-0.25, -0.2) is 9.98 Å². The molecule has 50 valence electrons. The largest absolute Gasteiger partial charge is 0.353 e. The first kappa shape index (κ1) is 5.22. The highest BCUT2D eigenvalue weighted by molar-refractivity contribution is 5.69. The quantitative estimate of drug-likeness (QED) is 0.547. The van der Waals surface area contributed by atoms with Crippen LogP contribution in [0.5, 0.6) is 0 Å². The van der Waals surface area contributed by atoms with E-state index in [1.807, 2.05) is 6.08 Å². The number of H-pyrrole nitrogens is 1. The Hall–Kier alpha value is -1.58. The van der Waals surface area contributed by atoms with E-state index in [0.29, 0.717) is 0 Å². The molecule has 0 spiro atoms. The van der Waals surface area contributed by atoms with Gasteiger partial charge in [0, 0.05) is 6.20 Å². The third kappa shape index (κ3) is 0.699. The number of aromatic nitrogens is 2. The van der Waals surface area contributed by atoms with Crippen LogP contribution in [0.25, 0.3) is 6.08 Å². The third-order valence-electron chi connectivity index (χ3n) is 1.26. The summed E-state index contributed by atoms with van der Waals surface area (Å²) in [7, 11) is 0. The zero-order valence-electron chi connectivity index (χ0n) is 5.20. The Bertz CT molecular complexity index is 257. The molecule has 0 radical (unpaired) electrons. The molecule has 2 heterocycles. The van der Waals surface area contributed by atoms with Gasteiger partial charge >= 0.3 is 0 Å². The summed E-state index contributed by atoms with van der Waals surface area (Å²) in [6, 6.07) is 0. The van der Waals surface area contributed by atoms with Crippen LogP contribution in [0.15, 0.2) is 17.5 Å². The molecule has 10 heavy (non-hydrogen) atoms. The first-order chi connectivity index (χ1) is 4.97. The first-order valence-corrected chi connectivity index (χ1v) is 2.95. The standard InChI is InChI=1S/C6H6N4/c1-2-7-3-9-6-5(1)8-4-10-6/h1-4H,(H,7,9)(H,8,10). The summed E-state index contributed by atoms with van der Waals surface area (Å²) in [5.74, 6) is 0.723. The Morgan fingerprint density at radius 3 is 3.40 bits per heavy atom. The maximum absolute atomic E-state index is 4.01. The molecule has 0 saturated heterocycles. The second-order valence-corrected chi connectivity index (χ2v) is 1.90. The van der Waals surface area contributed by atoms with Crippen molar-refractivity contribution in [3.8, 4) is 0 Å². The van der Waals surface area contributed by atoms with Crippen molar-refractivity contribution in [2.75, 3.05) is 0 Å². The summed E-state index contributed by atoms with van der Waals surface area (Å²) in [6.45, 7) is 0. The number of hydrogen-bond donors (Lipinski definition) is 2. The average Bonchev–Trinajstić information content (AvgIpc) is 2.28. The van der Waals surface area contributed by atoms with Gasteiger partial charge in [0.05, 0.1) is 18.4 Å². The van der Waals surface area contributed by atoms with Gasteiger partial charge in [-0.2, -0.15) is 0 Å². The zero-order chi connectivity index (χ0) is 6.81. The van der Waals surface area contributed by atoms with E-state index in [4.69, 9.17) is 0 Å². The van der Waals surface area contributed by atoms with Crippen molar-refractivity contribution < 1.29 is 0 Å². The summed E-state index contributed by atoms with van der Waals surface area (Å²) < 4.78 is 0. The minimum Gasteiger partial charge on any atom is -0.353 e. The van der Waals surface area contributed by atoms with Crippen LogP contribution < -0.4 is 5.32 Å². The molecule has 0 bridgehead atoms. The molecule has 4 nitrogen and oxygen atoms in total. The van der Waals surface area contributed by atoms with Gasteiger partial charge < -0.3 is 10.3 Å². The highest BCUT2D eigenvalue weighted by Crippen LogP contribution is 2.14. The topological polar surface area (TPSA) is 53.1 Å². The maximum atomic E-state index is 4.01. The lowest BCUT2D eigenvalue weighted by Gasteiger charge is -1.82. The molecule has 0 aliphatic carbocycles. The van der Waals surface area contributed by atoms with E-state index in [1.54, 1.807) is 18.9 Å². The first-order valence-electron chi connectivity index (χ1n) is 2.95. The van der Waals surface area contributed by atoms with Crippen molar-refractivity contribution in [1.29, 1.82) is 0 Å². The number of aliphatic imine (C=N–C) groups is 1. The lowest BCUT2D eigenvalue weighted by atomic mass is 10.4. The van der Waals surface area contributed by atoms with E-state index in [0.717, 1.165) is 11.5 Å². The SMILES string of the molecule is C1=Cc2[nH]cnc2N=CN1. The second-order valence-electron chi connectivity index (χ2n) is 1.90. The van der Waals surface area contributed by atoms with Gasteiger partial charge in [0.15, 0.2) is 5.82 Å². The van der Waals surface area contributed by atoms with E-state index >= 15 is 0 Å². The number of aromatic amines is 1. The van der Waals surface area contributed by atoms with Gasteiger partial charge in [-0.1, -0.05) is 0 Å². The molecular formula is C6H6N4. The highest BCUT2D eigenvalue weighted by Gasteiger charge is 1.99. The van der Waals surface area contributed by atoms with E-state index in [1.165, 1.54) is 0 Å². The molecule has 1 aliphatic heterocycles. The molecule has 2 N–H and O–H groups in total. The summed E-state index contributed by atoms with van der Waals surface area (Å²) in [6.07, 6.45) is 6.91. The smallest absolute Gasteiger partial charge is 0.178 e. The number of rotatable bonds is 0. The Balaban J connectivity index is 2.56. The average molecular weight is 134 g/mol. The van der Waals surface area contributed by atoms with E-state index < -0.39 is 0 Å². The highest BCUT2D eigenvalue weighted by atomic mass is 15.0. The normalized spacial score (nSPS) is 14.0. The fraction of sp³-hybridized carbons (Fsp3) is 0. The molecule has 0 unspecified atom stereocenters. The minimum absolute atomic E-state index is 0.723. The van der Waals surface area contributed by atoms with Gasteiger partial charge in [-0.05, 0) is 6.08 Å². The summed E-state index contributed by atoms with van der Waals surface area (Å²) in [5, 5.41) is 2.85. The lowest BCUT2D eigenvalue weighted by Crippen LogP contribution is -1.97.